The molecule has 0 heterocycles. The average Bonchev–Trinajstić information content (AvgIpc) is 2.50. The summed E-state index contributed by atoms with van der Waals surface area (Å²) in [4.78, 5) is 12.6. The van der Waals surface area contributed by atoms with E-state index in [0.29, 0.717) is 5.69 Å². The number of carbonyl (C=O) groups excluding carboxylic acids is 1. The zero-order valence-electron chi connectivity index (χ0n) is 13.3. The predicted octanol–water partition coefficient (Wildman–Crippen LogP) is 4.54. The van der Waals surface area contributed by atoms with Crippen LogP contribution in [0.1, 0.15) is 50.5 Å². The summed E-state index contributed by atoms with van der Waals surface area (Å²) in [7, 11) is 0. The van der Waals surface area contributed by atoms with E-state index in [1.165, 1.54) is 32.1 Å². The molecule has 0 spiro atoms. The van der Waals surface area contributed by atoms with Gasteiger partial charge < -0.3 is 11.1 Å². The Kier molecular flexibility index (Phi) is 5.74. The van der Waals surface area contributed by atoms with Crippen molar-refractivity contribution in [3.05, 3.63) is 23.8 Å². The highest BCUT2D eigenvalue weighted by molar-refractivity contribution is 5.93. The number of rotatable bonds is 2. The molecule has 0 saturated heterocycles. The van der Waals surface area contributed by atoms with Gasteiger partial charge in [-0.25, -0.2) is 0 Å². The number of nitrogen functional groups attached to an aromatic ring is 1. The maximum absolute atomic E-state index is 12.6. The Morgan fingerprint density at radius 2 is 1.86 bits per heavy atom. The summed E-state index contributed by atoms with van der Waals surface area (Å²) in [5.41, 5.74) is 8.46. The highest BCUT2D eigenvalue weighted by atomic mass is 35.5. The van der Waals surface area contributed by atoms with Gasteiger partial charge in [-0.15, -0.1) is 12.4 Å². The van der Waals surface area contributed by atoms with Crippen LogP contribution in [0.3, 0.4) is 0 Å². The molecule has 2 saturated carbocycles. The molecule has 3 unspecified atom stereocenters. The highest BCUT2D eigenvalue weighted by Crippen LogP contribution is 2.43. The second-order valence-corrected chi connectivity index (χ2v) is 6.88. The molecule has 0 radical (unpaired) electrons. The van der Waals surface area contributed by atoms with E-state index < -0.39 is 0 Å². The van der Waals surface area contributed by atoms with Gasteiger partial charge in [-0.2, -0.15) is 0 Å². The molecule has 2 fully saturated rings. The number of amides is 1. The third-order valence-corrected chi connectivity index (χ3v) is 5.43. The number of benzene rings is 1. The zero-order chi connectivity index (χ0) is 14.8. The van der Waals surface area contributed by atoms with Crippen molar-refractivity contribution in [3.8, 4) is 0 Å². The minimum Gasteiger partial charge on any atom is -0.399 e. The van der Waals surface area contributed by atoms with Gasteiger partial charge in [-0.3, -0.25) is 4.79 Å². The van der Waals surface area contributed by atoms with Crippen molar-refractivity contribution < 1.29 is 4.79 Å². The summed E-state index contributed by atoms with van der Waals surface area (Å²) in [6.07, 6.45) is 8.81. The fraction of sp³-hybridized carbons (Fsp3) is 0.611. The SMILES string of the molecule is Cc1ccc(N)cc1NC(=O)C1CCC2CCCCC2C1.Cl. The van der Waals surface area contributed by atoms with E-state index >= 15 is 0 Å². The van der Waals surface area contributed by atoms with Crippen LogP contribution >= 0.6 is 12.4 Å². The van der Waals surface area contributed by atoms with E-state index in [4.69, 9.17) is 5.73 Å². The second-order valence-electron chi connectivity index (χ2n) is 6.88. The Balaban J connectivity index is 0.00000176. The molecule has 2 aliphatic carbocycles. The number of anilines is 2. The number of hydrogen-bond donors (Lipinski definition) is 2. The van der Waals surface area contributed by atoms with Crippen LogP contribution < -0.4 is 11.1 Å². The van der Waals surface area contributed by atoms with Crippen molar-refractivity contribution in [2.24, 2.45) is 17.8 Å². The minimum absolute atomic E-state index is 0. The Bertz CT molecular complexity index is 532. The van der Waals surface area contributed by atoms with E-state index in [-0.39, 0.29) is 24.2 Å². The van der Waals surface area contributed by atoms with Crippen molar-refractivity contribution in [2.75, 3.05) is 11.1 Å². The summed E-state index contributed by atoms with van der Waals surface area (Å²) < 4.78 is 0. The molecule has 0 aromatic heterocycles. The first kappa shape index (κ1) is 17.1. The number of carbonyl (C=O) groups is 1. The molecule has 3 atom stereocenters. The quantitative estimate of drug-likeness (QED) is 0.785. The van der Waals surface area contributed by atoms with Gasteiger partial charge in [0.05, 0.1) is 0 Å². The number of fused-ring (bicyclic) bond motifs is 1. The lowest BCUT2D eigenvalue weighted by molar-refractivity contribution is -0.122. The van der Waals surface area contributed by atoms with Gasteiger partial charge in [-0.05, 0) is 55.7 Å². The van der Waals surface area contributed by atoms with Crippen molar-refractivity contribution in [3.63, 3.8) is 0 Å². The maximum Gasteiger partial charge on any atom is 0.227 e. The Morgan fingerprint density at radius 1 is 1.14 bits per heavy atom. The van der Waals surface area contributed by atoms with Gasteiger partial charge >= 0.3 is 0 Å². The molecule has 2 aliphatic rings. The van der Waals surface area contributed by atoms with E-state index in [1.54, 1.807) is 0 Å². The standard InChI is InChI=1S/C18H26N2O.ClH/c1-12-6-9-16(19)11-17(12)20-18(21)15-8-7-13-4-2-3-5-14(13)10-15;/h6,9,11,13-15H,2-5,7-8,10,19H2,1H3,(H,20,21);1H. The first-order valence-electron chi connectivity index (χ1n) is 8.30. The molecule has 3 rings (SSSR count). The average molecular weight is 323 g/mol. The molecule has 122 valence electrons. The first-order valence-corrected chi connectivity index (χ1v) is 8.30. The molecular weight excluding hydrogens is 296 g/mol. The largest absolute Gasteiger partial charge is 0.399 e. The lowest BCUT2D eigenvalue weighted by Crippen LogP contribution is -2.34. The molecule has 4 heteroatoms. The topological polar surface area (TPSA) is 55.1 Å². The van der Waals surface area contributed by atoms with Gasteiger partial charge in [0.1, 0.15) is 0 Å². The van der Waals surface area contributed by atoms with Crippen LogP contribution in [0.2, 0.25) is 0 Å². The van der Waals surface area contributed by atoms with Crippen LogP contribution in [-0.2, 0) is 4.79 Å². The second kappa shape index (κ2) is 7.36. The van der Waals surface area contributed by atoms with Crippen molar-refractivity contribution in [1.82, 2.24) is 0 Å². The van der Waals surface area contributed by atoms with Crippen LogP contribution in [0.15, 0.2) is 18.2 Å². The monoisotopic (exact) mass is 322 g/mol. The van der Waals surface area contributed by atoms with Crippen LogP contribution in [0.4, 0.5) is 11.4 Å². The third-order valence-electron chi connectivity index (χ3n) is 5.43. The van der Waals surface area contributed by atoms with E-state index in [0.717, 1.165) is 35.9 Å². The van der Waals surface area contributed by atoms with Crippen LogP contribution in [0.25, 0.3) is 0 Å². The first-order chi connectivity index (χ1) is 10.1. The summed E-state index contributed by atoms with van der Waals surface area (Å²) in [5.74, 6) is 2.04. The summed E-state index contributed by atoms with van der Waals surface area (Å²) in [6.45, 7) is 2.01. The lowest BCUT2D eigenvalue weighted by atomic mass is 9.67. The number of nitrogens with one attached hydrogen (secondary N) is 1. The Hall–Kier alpha value is -1.22. The predicted molar refractivity (Wildman–Crippen MR) is 94.3 cm³/mol. The van der Waals surface area contributed by atoms with Gasteiger partial charge in [0, 0.05) is 17.3 Å². The molecular formula is C18H27ClN2O. The Morgan fingerprint density at radius 3 is 2.64 bits per heavy atom. The third kappa shape index (κ3) is 3.75. The Labute approximate surface area is 139 Å². The lowest BCUT2D eigenvalue weighted by Gasteiger charge is -2.38. The van der Waals surface area contributed by atoms with Gasteiger partial charge in [0.25, 0.3) is 0 Å². The molecule has 1 aromatic carbocycles. The van der Waals surface area contributed by atoms with E-state index in [1.807, 2.05) is 25.1 Å². The van der Waals surface area contributed by atoms with Gasteiger partial charge in [0.15, 0.2) is 0 Å². The normalized spacial score (nSPS) is 27.4. The number of halogens is 1. The molecule has 0 bridgehead atoms. The van der Waals surface area contributed by atoms with Crippen molar-refractivity contribution >= 4 is 29.7 Å². The number of aryl methyl sites for hydroxylation is 1. The molecule has 3 nitrogen and oxygen atoms in total. The van der Waals surface area contributed by atoms with Crippen molar-refractivity contribution in [2.45, 2.75) is 51.9 Å². The molecule has 3 N–H and O–H groups in total. The molecule has 1 aromatic rings. The summed E-state index contributed by atoms with van der Waals surface area (Å²) >= 11 is 0. The summed E-state index contributed by atoms with van der Waals surface area (Å²) in [5, 5.41) is 3.10. The highest BCUT2D eigenvalue weighted by Gasteiger charge is 2.35. The van der Waals surface area contributed by atoms with Crippen molar-refractivity contribution in [1.29, 1.82) is 0 Å². The van der Waals surface area contributed by atoms with Crippen LogP contribution in [-0.4, -0.2) is 5.91 Å². The minimum atomic E-state index is 0. The van der Waals surface area contributed by atoms with Gasteiger partial charge in [-0.1, -0.05) is 31.7 Å². The molecule has 0 aliphatic heterocycles. The fourth-order valence-electron chi connectivity index (χ4n) is 4.12. The van der Waals surface area contributed by atoms with Gasteiger partial charge in [0.2, 0.25) is 5.91 Å². The number of hydrogen-bond acceptors (Lipinski definition) is 2. The zero-order valence-corrected chi connectivity index (χ0v) is 14.1. The van der Waals surface area contributed by atoms with Crippen LogP contribution in [0, 0.1) is 24.7 Å². The van der Waals surface area contributed by atoms with E-state index in [2.05, 4.69) is 5.32 Å². The fourth-order valence-corrected chi connectivity index (χ4v) is 4.12. The number of nitrogens with two attached hydrogens (primary N) is 1. The smallest absolute Gasteiger partial charge is 0.227 e. The summed E-state index contributed by atoms with van der Waals surface area (Å²) in [6, 6.07) is 5.70. The van der Waals surface area contributed by atoms with Crippen LogP contribution in [0.5, 0.6) is 0 Å². The molecule has 1 amide bonds. The maximum atomic E-state index is 12.6. The molecule has 22 heavy (non-hydrogen) atoms. The van der Waals surface area contributed by atoms with E-state index in [9.17, 15) is 4.79 Å².